The van der Waals surface area contributed by atoms with Gasteiger partial charge >= 0.3 is 0 Å². The molecule has 0 aromatic heterocycles. The number of fused-ring (bicyclic) bond motifs is 1. The number of anilines is 1. The van der Waals surface area contributed by atoms with Crippen molar-refractivity contribution in [2.75, 3.05) is 16.4 Å². The van der Waals surface area contributed by atoms with Gasteiger partial charge in [-0.15, -0.1) is 0 Å². The molecule has 2 aromatic rings. The molecule has 1 fully saturated rings. The van der Waals surface area contributed by atoms with Gasteiger partial charge in [-0.3, -0.25) is 4.99 Å². The summed E-state index contributed by atoms with van der Waals surface area (Å²) in [5, 5.41) is 0.561. The van der Waals surface area contributed by atoms with Crippen LogP contribution in [0.1, 0.15) is 5.56 Å². The number of hydrogen-bond acceptors (Lipinski definition) is 5. The molecule has 2 atom stereocenters. The molecule has 9 heteroatoms. The summed E-state index contributed by atoms with van der Waals surface area (Å²) in [5.74, 6) is -0.400. The normalized spacial score (nSPS) is 23.4. The molecule has 0 radical (unpaired) electrons. The molecule has 0 amide bonds. The van der Waals surface area contributed by atoms with Gasteiger partial charge in [0.25, 0.3) is 0 Å². The molecule has 4 nitrogen and oxygen atoms in total. The Kier molecular flexibility index (Phi) is 5.02. The zero-order valence-corrected chi connectivity index (χ0v) is 17.2. The molecule has 2 aromatic carbocycles. The van der Waals surface area contributed by atoms with E-state index in [1.807, 2.05) is 0 Å². The molecule has 0 bridgehead atoms. The zero-order chi connectivity index (χ0) is 19.2. The minimum absolute atomic E-state index is 0.0314. The van der Waals surface area contributed by atoms with E-state index in [9.17, 15) is 17.2 Å². The van der Waals surface area contributed by atoms with Crippen molar-refractivity contribution < 1.29 is 17.2 Å². The topological polar surface area (TPSA) is 49.7 Å². The smallest absolute Gasteiger partial charge is 0.164 e. The van der Waals surface area contributed by atoms with E-state index in [0.717, 1.165) is 5.56 Å². The molecule has 0 saturated carbocycles. The summed E-state index contributed by atoms with van der Waals surface area (Å²) in [7, 11) is -3.20. The first-order valence-electron chi connectivity index (χ1n) is 8.22. The van der Waals surface area contributed by atoms with E-state index in [0.29, 0.717) is 21.1 Å². The Morgan fingerprint density at radius 3 is 2.74 bits per heavy atom. The lowest BCUT2D eigenvalue weighted by Gasteiger charge is -2.27. The Bertz CT molecular complexity index is 1030. The van der Waals surface area contributed by atoms with E-state index in [-0.39, 0.29) is 17.3 Å². The predicted octanol–water partition coefficient (Wildman–Crippen LogP) is 4.00. The minimum atomic E-state index is -3.20. The Morgan fingerprint density at radius 1 is 1.19 bits per heavy atom. The Hall–Kier alpha value is -1.45. The number of aliphatic imine (C=N–C) groups is 1. The second kappa shape index (κ2) is 7.18. The maximum atomic E-state index is 14.6. The van der Waals surface area contributed by atoms with Crippen molar-refractivity contribution in [1.82, 2.24) is 0 Å². The fourth-order valence-corrected chi connectivity index (χ4v) is 6.60. The molecule has 2 aliphatic heterocycles. The summed E-state index contributed by atoms with van der Waals surface area (Å²) in [6.07, 6.45) is 0. The SMILES string of the molecule is O=S1(=O)C[C@@H]2[C@@H](C1)N=C(SCc1cccc(F)c1)N2c1ccc(Br)cc1F. The van der Waals surface area contributed by atoms with Gasteiger partial charge in [0.15, 0.2) is 15.0 Å². The summed E-state index contributed by atoms with van der Waals surface area (Å²) in [5.41, 5.74) is 1.08. The Labute approximate surface area is 168 Å². The monoisotopic (exact) mass is 472 g/mol. The number of nitrogens with zero attached hydrogens (tertiary/aromatic N) is 2. The van der Waals surface area contributed by atoms with Crippen molar-refractivity contribution >= 4 is 48.4 Å². The Morgan fingerprint density at radius 2 is 2.00 bits per heavy atom. The van der Waals surface area contributed by atoms with Crippen molar-refractivity contribution in [3.63, 3.8) is 0 Å². The summed E-state index contributed by atoms with van der Waals surface area (Å²) >= 11 is 4.59. The number of thioether (sulfide) groups is 1. The molecule has 0 unspecified atom stereocenters. The summed E-state index contributed by atoms with van der Waals surface area (Å²) in [6.45, 7) is 0. The molecule has 0 spiro atoms. The second-order valence-corrected chi connectivity index (χ2v) is 10.5. The highest BCUT2D eigenvalue weighted by Crippen LogP contribution is 2.37. The van der Waals surface area contributed by atoms with Crippen molar-refractivity contribution in [2.45, 2.75) is 17.8 Å². The minimum Gasteiger partial charge on any atom is -0.312 e. The standard InChI is InChI=1S/C18H15BrF2N2O2S2/c19-12-4-5-16(14(21)7-12)23-17-10-27(24,25)9-15(17)22-18(23)26-8-11-2-1-3-13(20)6-11/h1-7,15,17H,8-10H2/t15-,17-/m1/s1. The molecule has 0 aliphatic carbocycles. The highest BCUT2D eigenvalue weighted by molar-refractivity contribution is 9.10. The van der Waals surface area contributed by atoms with Gasteiger partial charge in [-0.2, -0.15) is 0 Å². The molecule has 0 N–H and O–H groups in total. The van der Waals surface area contributed by atoms with Gasteiger partial charge in [0.2, 0.25) is 0 Å². The fourth-order valence-electron chi connectivity index (χ4n) is 3.37. The lowest BCUT2D eigenvalue weighted by molar-refractivity contribution is 0.600. The molecule has 4 rings (SSSR count). The van der Waals surface area contributed by atoms with Crippen LogP contribution >= 0.6 is 27.7 Å². The van der Waals surface area contributed by atoms with Gasteiger partial charge in [-0.25, -0.2) is 17.2 Å². The van der Waals surface area contributed by atoms with E-state index in [4.69, 9.17) is 0 Å². The first-order chi connectivity index (χ1) is 12.8. The zero-order valence-electron chi connectivity index (χ0n) is 14.0. The van der Waals surface area contributed by atoms with Crippen molar-refractivity contribution in [1.29, 1.82) is 0 Å². The largest absolute Gasteiger partial charge is 0.312 e. The van der Waals surface area contributed by atoms with Crippen LogP contribution in [0.5, 0.6) is 0 Å². The van der Waals surface area contributed by atoms with Crippen molar-refractivity contribution in [2.24, 2.45) is 4.99 Å². The van der Waals surface area contributed by atoms with E-state index < -0.39 is 27.7 Å². The summed E-state index contributed by atoms with van der Waals surface area (Å²) in [4.78, 5) is 6.24. The lowest BCUT2D eigenvalue weighted by atomic mass is 10.1. The fraction of sp³-hybridized carbons (Fsp3) is 0.278. The number of benzene rings is 2. The van der Waals surface area contributed by atoms with E-state index >= 15 is 0 Å². The van der Waals surface area contributed by atoms with Gasteiger partial charge in [0.1, 0.15) is 11.6 Å². The van der Waals surface area contributed by atoms with Crippen LogP contribution in [0, 0.1) is 11.6 Å². The Balaban J connectivity index is 1.65. The maximum Gasteiger partial charge on any atom is 0.164 e. The average molecular weight is 473 g/mol. The van der Waals surface area contributed by atoms with Gasteiger partial charge < -0.3 is 4.90 Å². The number of amidine groups is 1. The molecule has 2 aliphatic rings. The number of halogens is 3. The maximum absolute atomic E-state index is 14.6. The van der Waals surface area contributed by atoms with Gasteiger partial charge in [-0.1, -0.05) is 39.8 Å². The first kappa shape index (κ1) is 18.9. The van der Waals surface area contributed by atoms with Crippen LogP contribution in [0.3, 0.4) is 0 Å². The molecule has 2 heterocycles. The van der Waals surface area contributed by atoms with Crippen molar-refractivity contribution in [3.8, 4) is 0 Å². The van der Waals surface area contributed by atoms with Crippen LogP contribution in [0.25, 0.3) is 0 Å². The molecule has 27 heavy (non-hydrogen) atoms. The molecule has 1 saturated heterocycles. The van der Waals surface area contributed by atoms with Crippen molar-refractivity contribution in [3.05, 3.63) is 64.1 Å². The van der Waals surface area contributed by atoms with Crippen LogP contribution in [0.15, 0.2) is 51.9 Å². The van der Waals surface area contributed by atoms with Gasteiger partial charge in [-0.05, 0) is 35.9 Å². The average Bonchev–Trinajstić information content (AvgIpc) is 3.05. The molecule has 142 valence electrons. The van der Waals surface area contributed by atoms with Crippen LogP contribution in [0.2, 0.25) is 0 Å². The third-order valence-electron chi connectivity index (χ3n) is 4.53. The first-order valence-corrected chi connectivity index (χ1v) is 11.8. The third kappa shape index (κ3) is 3.90. The van der Waals surface area contributed by atoms with Crippen LogP contribution < -0.4 is 4.90 Å². The summed E-state index contributed by atoms with van der Waals surface area (Å²) < 4.78 is 52.7. The van der Waals surface area contributed by atoms with Crippen LogP contribution in [-0.2, 0) is 15.6 Å². The van der Waals surface area contributed by atoms with Crippen LogP contribution in [0.4, 0.5) is 14.5 Å². The van der Waals surface area contributed by atoms with Gasteiger partial charge in [0.05, 0.1) is 29.3 Å². The van der Waals surface area contributed by atoms with Crippen LogP contribution in [-0.4, -0.2) is 37.2 Å². The predicted molar refractivity (Wildman–Crippen MR) is 108 cm³/mol. The van der Waals surface area contributed by atoms with Gasteiger partial charge in [0, 0.05) is 10.2 Å². The quantitative estimate of drug-likeness (QED) is 0.677. The molecular weight excluding hydrogens is 458 g/mol. The van der Waals surface area contributed by atoms with E-state index in [1.54, 1.807) is 29.2 Å². The number of sulfone groups is 1. The lowest BCUT2D eigenvalue weighted by Crippen LogP contribution is -2.39. The highest BCUT2D eigenvalue weighted by Gasteiger charge is 2.47. The third-order valence-corrected chi connectivity index (χ3v) is 7.76. The van der Waals surface area contributed by atoms with E-state index in [2.05, 4.69) is 20.9 Å². The highest BCUT2D eigenvalue weighted by atomic mass is 79.9. The number of hydrogen-bond donors (Lipinski definition) is 0. The molecular formula is C18H15BrF2N2O2S2. The number of rotatable bonds is 3. The second-order valence-electron chi connectivity index (χ2n) is 6.51. The summed E-state index contributed by atoms with van der Waals surface area (Å²) in [6, 6.07) is 10.1. The van der Waals surface area contributed by atoms with E-state index in [1.165, 1.54) is 30.0 Å².